The van der Waals surface area contributed by atoms with E-state index in [0.29, 0.717) is 5.69 Å². The first-order valence-corrected chi connectivity index (χ1v) is 10.2. The molecule has 134 valence electrons. The molecule has 0 aliphatic carbocycles. The van der Waals surface area contributed by atoms with E-state index in [2.05, 4.69) is 24.3 Å². The topological polar surface area (TPSA) is 17.8 Å². The lowest BCUT2D eigenvalue weighted by atomic mass is 10.3. The van der Waals surface area contributed by atoms with Crippen molar-refractivity contribution in [3.63, 3.8) is 0 Å². The van der Waals surface area contributed by atoms with Crippen molar-refractivity contribution in [3.05, 3.63) is 102 Å². The molecule has 0 atom stereocenters. The molecule has 3 aromatic carbocycles. The van der Waals surface area contributed by atoms with Crippen LogP contribution in [-0.2, 0) is 0 Å². The number of hydrogen-bond acceptors (Lipinski definition) is 1. The quantitative estimate of drug-likeness (QED) is 0.485. The number of hydrogen-bond donors (Lipinski definition) is 0. The molecule has 0 spiro atoms. The van der Waals surface area contributed by atoms with Crippen LogP contribution < -0.4 is 16.2 Å². The summed E-state index contributed by atoms with van der Waals surface area (Å²) in [5.41, 5.74) is 3.33. The summed E-state index contributed by atoms with van der Waals surface area (Å²) < 4.78 is 16.7. The summed E-state index contributed by atoms with van der Waals surface area (Å²) in [6, 6.07) is 27.6. The van der Waals surface area contributed by atoms with Crippen LogP contribution in [0, 0.1) is 19.7 Å². The molecule has 1 aromatic heterocycles. The van der Waals surface area contributed by atoms with Gasteiger partial charge in [0.2, 0.25) is 0 Å². The zero-order chi connectivity index (χ0) is 18.8. The lowest BCUT2D eigenvalue weighted by molar-refractivity contribution is 0.618. The van der Waals surface area contributed by atoms with Crippen molar-refractivity contribution in [3.8, 4) is 5.69 Å². The molecule has 0 radical (unpaired) electrons. The summed E-state index contributed by atoms with van der Waals surface area (Å²) in [7, 11) is -0.913. The number of halogens is 1. The number of nitrogens with zero attached hydrogens (tertiary/aromatic N) is 2. The number of rotatable bonds is 4. The summed E-state index contributed by atoms with van der Waals surface area (Å²) >= 11 is 0. The van der Waals surface area contributed by atoms with Crippen LogP contribution in [0.2, 0.25) is 0 Å². The summed E-state index contributed by atoms with van der Waals surface area (Å²) in [5, 5.41) is 2.39. The van der Waals surface area contributed by atoms with Crippen LogP contribution in [0.25, 0.3) is 5.69 Å². The van der Waals surface area contributed by atoms with E-state index in [1.807, 2.05) is 66.9 Å². The molecule has 0 unspecified atom stereocenters. The van der Waals surface area contributed by atoms with Gasteiger partial charge >= 0.3 is 0 Å². The highest BCUT2D eigenvalue weighted by atomic mass is 31.1. The second kappa shape index (κ2) is 7.46. The van der Waals surface area contributed by atoms with E-state index in [1.165, 1.54) is 16.7 Å². The molecule has 4 rings (SSSR count). The van der Waals surface area contributed by atoms with Crippen molar-refractivity contribution >= 4 is 24.1 Å². The summed E-state index contributed by atoms with van der Waals surface area (Å²) in [6.07, 6.45) is 0. The highest BCUT2D eigenvalue weighted by molar-refractivity contribution is 7.79. The van der Waals surface area contributed by atoms with Crippen LogP contribution in [-0.4, -0.2) is 9.55 Å². The molecule has 0 bridgehead atoms. The van der Waals surface area contributed by atoms with Gasteiger partial charge in [-0.15, -0.1) is 0 Å². The van der Waals surface area contributed by atoms with Crippen molar-refractivity contribution in [2.45, 2.75) is 13.8 Å². The first-order valence-electron chi connectivity index (χ1n) is 8.88. The Balaban J connectivity index is 2.00. The first-order chi connectivity index (χ1) is 13.2. The average Bonchev–Trinajstić information content (AvgIpc) is 2.98. The molecule has 2 nitrogen and oxygen atoms in total. The van der Waals surface area contributed by atoms with Crippen LogP contribution in [0.3, 0.4) is 0 Å². The van der Waals surface area contributed by atoms with E-state index in [4.69, 9.17) is 4.98 Å². The Kier molecular flexibility index (Phi) is 4.87. The minimum atomic E-state index is -0.913. The zero-order valence-corrected chi connectivity index (χ0v) is 16.2. The predicted molar refractivity (Wildman–Crippen MR) is 112 cm³/mol. The van der Waals surface area contributed by atoms with Crippen molar-refractivity contribution in [1.82, 2.24) is 9.55 Å². The molecule has 27 heavy (non-hydrogen) atoms. The third-order valence-corrected chi connectivity index (χ3v) is 6.98. The van der Waals surface area contributed by atoms with Gasteiger partial charge in [-0.05, 0) is 36.6 Å². The maximum absolute atomic E-state index is 14.7. The normalized spacial score (nSPS) is 11.1. The SMILES string of the molecule is Cc1nc(P(c2ccccc2)c2ccccc2)n(-c2ccccc2F)c1C. The van der Waals surface area contributed by atoms with Crippen LogP contribution >= 0.6 is 7.92 Å². The van der Waals surface area contributed by atoms with E-state index in [-0.39, 0.29) is 5.82 Å². The summed E-state index contributed by atoms with van der Waals surface area (Å²) in [4.78, 5) is 4.91. The largest absolute Gasteiger partial charge is 0.294 e. The third kappa shape index (κ3) is 3.31. The van der Waals surface area contributed by atoms with Gasteiger partial charge in [0.25, 0.3) is 0 Å². The van der Waals surface area contributed by atoms with Gasteiger partial charge in [0, 0.05) is 13.6 Å². The number of aromatic nitrogens is 2. The van der Waals surface area contributed by atoms with Crippen molar-refractivity contribution < 1.29 is 4.39 Å². The van der Waals surface area contributed by atoms with Crippen LogP contribution in [0.1, 0.15) is 11.4 Å². The van der Waals surface area contributed by atoms with Gasteiger partial charge in [0.1, 0.15) is 11.4 Å². The molecule has 0 saturated carbocycles. The van der Waals surface area contributed by atoms with Crippen LogP contribution in [0.15, 0.2) is 84.9 Å². The Hall–Kier alpha value is -2.77. The molecule has 0 N–H and O–H groups in total. The maximum atomic E-state index is 14.7. The second-order valence-corrected chi connectivity index (χ2v) is 8.48. The van der Waals surface area contributed by atoms with Gasteiger partial charge < -0.3 is 0 Å². The van der Waals surface area contributed by atoms with Gasteiger partial charge in [0.05, 0.1) is 11.4 Å². The fraction of sp³-hybridized carbons (Fsp3) is 0.0870. The van der Waals surface area contributed by atoms with E-state index in [1.54, 1.807) is 6.07 Å². The predicted octanol–water partition coefficient (Wildman–Crippen LogP) is 4.39. The average molecular weight is 374 g/mol. The molecule has 0 aliphatic heterocycles. The molecule has 4 heteroatoms. The van der Waals surface area contributed by atoms with Gasteiger partial charge in [-0.3, -0.25) is 4.57 Å². The van der Waals surface area contributed by atoms with Gasteiger partial charge in [0.15, 0.2) is 0 Å². The molecule has 0 aliphatic rings. The lowest BCUT2D eigenvalue weighted by Gasteiger charge is -2.20. The van der Waals surface area contributed by atoms with Crippen molar-refractivity contribution in [1.29, 1.82) is 0 Å². The highest BCUT2D eigenvalue weighted by Gasteiger charge is 2.25. The molecule has 0 fully saturated rings. The number of imidazole rings is 1. The maximum Gasteiger partial charge on any atom is 0.147 e. The first kappa shape index (κ1) is 17.6. The Morgan fingerprint density at radius 1 is 0.741 bits per heavy atom. The number of benzene rings is 3. The number of aryl methyl sites for hydroxylation is 1. The molecular weight excluding hydrogens is 354 g/mol. The van der Waals surface area contributed by atoms with E-state index < -0.39 is 7.92 Å². The van der Waals surface area contributed by atoms with Gasteiger partial charge in [-0.2, -0.15) is 0 Å². The molecular formula is C23H20FN2P. The van der Waals surface area contributed by atoms with E-state index >= 15 is 0 Å². The molecule has 0 amide bonds. The molecule has 4 aromatic rings. The minimum Gasteiger partial charge on any atom is -0.294 e. The molecule has 0 saturated heterocycles. The third-order valence-electron chi connectivity index (χ3n) is 4.65. The smallest absolute Gasteiger partial charge is 0.147 e. The van der Waals surface area contributed by atoms with Crippen molar-refractivity contribution in [2.75, 3.05) is 0 Å². The Morgan fingerprint density at radius 3 is 1.81 bits per heavy atom. The van der Waals surface area contributed by atoms with E-state index in [9.17, 15) is 4.39 Å². The second-order valence-electron chi connectivity index (χ2n) is 6.38. The van der Waals surface area contributed by atoms with Crippen LogP contribution in [0.4, 0.5) is 4.39 Å². The fourth-order valence-corrected chi connectivity index (χ4v) is 5.61. The summed E-state index contributed by atoms with van der Waals surface area (Å²) in [6.45, 7) is 3.99. The standard InChI is InChI=1S/C23H20FN2P/c1-17-18(2)26(22-16-10-9-15-21(22)24)23(25-17)27(19-11-5-3-6-12-19)20-13-7-4-8-14-20/h3-16H,1-2H3. The van der Waals surface area contributed by atoms with Gasteiger partial charge in [-0.25, -0.2) is 9.37 Å². The zero-order valence-electron chi connectivity index (χ0n) is 15.3. The summed E-state index contributed by atoms with van der Waals surface area (Å²) in [5.74, 6) is -0.240. The Labute approximate surface area is 160 Å². The monoisotopic (exact) mass is 374 g/mol. The van der Waals surface area contributed by atoms with Crippen LogP contribution in [0.5, 0.6) is 0 Å². The Bertz CT molecular complexity index is 1020. The highest BCUT2D eigenvalue weighted by Crippen LogP contribution is 2.34. The fourth-order valence-electron chi connectivity index (χ4n) is 3.20. The minimum absolute atomic E-state index is 0.240. The van der Waals surface area contributed by atoms with E-state index in [0.717, 1.165) is 17.0 Å². The van der Waals surface area contributed by atoms with Crippen molar-refractivity contribution in [2.24, 2.45) is 0 Å². The van der Waals surface area contributed by atoms with Gasteiger partial charge in [-0.1, -0.05) is 72.8 Å². The Morgan fingerprint density at radius 2 is 1.26 bits per heavy atom. The number of para-hydroxylation sites is 1. The lowest BCUT2D eigenvalue weighted by Crippen LogP contribution is -2.28. The molecule has 1 heterocycles.